The van der Waals surface area contributed by atoms with Crippen molar-refractivity contribution in [2.45, 2.75) is 12.8 Å². The molecule has 2 fully saturated rings. The Morgan fingerprint density at radius 3 is 2.14 bits per heavy atom. The topological polar surface area (TPSA) is 66.8 Å². The molecule has 1 aliphatic heterocycles. The summed E-state index contributed by atoms with van der Waals surface area (Å²) in [5, 5.41) is 9.91. The highest BCUT2D eigenvalue weighted by Crippen LogP contribution is 2.50. The van der Waals surface area contributed by atoms with Crippen LogP contribution in [-0.4, -0.2) is 24.0 Å². The lowest BCUT2D eigenvalue weighted by Crippen LogP contribution is -2.38. The van der Waals surface area contributed by atoms with Crippen molar-refractivity contribution in [2.75, 3.05) is 12.0 Å². The molecular weight excluding hydrogens is 282 g/mol. The van der Waals surface area contributed by atoms with Crippen LogP contribution in [0.15, 0.2) is 30.4 Å². The molecule has 1 heterocycles. The second-order valence-electron chi connectivity index (χ2n) is 6.21. The van der Waals surface area contributed by atoms with Crippen LogP contribution in [0.25, 0.3) is 0 Å². The third-order valence-corrected chi connectivity index (χ3v) is 5.18. The van der Waals surface area contributed by atoms with E-state index in [1.807, 2.05) is 0 Å². The number of phenolic OH excluding ortho intramolecular Hbond substituents is 1. The first-order valence-electron chi connectivity index (χ1n) is 7.55. The van der Waals surface area contributed by atoms with Gasteiger partial charge in [0.25, 0.3) is 0 Å². The predicted octanol–water partition coefficient (Wildman–Crippen LogP) is 2.10. The summed E-state index contributed by atoms with van der Waals surface area (Å²) in [6, 6.07) is 4.63. The molecule has 1 N–H and O–H groups in total. The van der Waals surface area contributed by atoms with Gasteiger partial charge >= 0.3 is 0 Å². The summed E-state index contributed by atoms with van der Waals surface area (Å²) in [5.41, 5.74) is 0.419. The van der Waals surface area contributed by atoms with E-state index >= 15 is 0 Å². The molecule has 22 heavy (non-hydrogen) atoms. The minimum atomic E-state index is -0.236. The Hall–Kier alpha value is -2.30. The summed E-state index contributed by atoms with van der Waals surface area (Å²) in [6.07, 6.45) is 6.14. The zero-order valence-corrected chi connectivity index (χ0v) is 12.2. The zero-order chi connectivity index (χ0) is 15.4. The van der Waals surface area contributed by atoms with Gasteiger partial charge < -0.3 is 9.84 Å². The van der Waals surface area contributed by atoms with Crippen molar-refractivity contribution < 1.29 is 19.4 Å². The van der Waals surface area contributed by atoms with E-state index in [2.05, 4.69) is 12.2 Å². The number of carbonyl (C=O) groups excluding carboxylic acids is 2. The quantitative estimate of drug-likeness (QED) is 0.671. The highest BCUT2D eigenvalue weighted by atomic mass is 16.5. The van der Waals surface area contributed by atoms with Crippen molar-refractivity contribution in [3.63, 3.8) is 0 Å². The van der Waals surface area contributed by atoms with Crippen LogP contribution < -0.4 is 9.64 Å². The summed E-state index contributed by atoms with van der Waals surface area (Å²) >= 11 is 0. The van der Waals surface area contributed by atoms with Gasteiger partial charge in [-0.15, -0.1) is 0 Å². The van der Waals surface area contributed by atoms with Crippen molar-refractivity contribution in [3.05, 3.63) is 30.4 Å². The highest BCUT2D eigenvalue weighted by molar-refractivity contribution is 6.22. The molecule has 5 heteroatoms. The maximum atomic E-state index is 12.8. The van der Waals surface area contributed by atoms with Gasteiger partial charge in [0.1, 0.15) is 0 Å². The highest BCUT2D eigenvalue weighted by Gasteiger charge is 2.56. The molecule has 0 spiro atoms. The summed E-state index contributed by atoms with van der Waals surface area (Å²) in [4.78, 5) is 26.8. The third kappa shape index (κ3) is 1.65. The number of nitrogens with zero attached hydrogens (tertiary/aromatic N) is 1. The molecule has 4 unspecified atom stereocenters. The van der Waals surface area contributed by atoms with Crippen LogP contribution in [0.4, 0.5) is 5.69 Å². The molecule has 1 aromatic rings. The van der Waals surface area contributed by atoms with Crippen LogP contribution in [0.1, 0.15) is 12.8 Å². The van der Waals surface area contributed by atoms with E-state index in [1.165, 1.54) is 18.1 Å². The number of methoxy groups -OCH3 is 1. The molecule has 1 aromatic carbocycles. The molecule has 3 aliphatic carbocycles. The Bertz CT molecular complexity index is 664. The number of allylic oxidation sites excluding steroid dienone is 2. The summed E-state index contributed by atoms with van der Waals surface area (Å²) in [5.74, 6) is -0.164. The Labute approximate surface area is 128 Å². The van der Waals surface area contributed by atoms with Crippen molar-refractivity contribution in [1.29, 1.82) is 0 Å². The molecule has 1 saturated heterocycles. The number of phenols is 1. The molecule has 2 bridgehead atoms. The largest absolute Gasteiger partial charge is 0.504 e. The summed E-state index contributed by atoms with van der Waals surface area (Å²) in [6.45, 7) is 0. The lowest BCUT2D eigenvalue weighted by atomic mass is 9.63. The van der Waals surface area contributed by atoms with Crippen LogP contribution in [0, 0.1) is 23.7 Å². The molecule has 5 nitrogen and oxygen atoms in total. The van der Waals surface area contributed by atoms with Gasteiger partial charge in [-0.25, -0.2) is 4.90 Å². The average molecular weight is 299 g/mol. The number of hydrogen-bond acceptors (Lipinski definition) is 4. The summed E-state index contributed by atoms with van der Waals surface area (Å²) in [7, 11) is 1.46. The number of imide groups is 1. The predicted molar refractivity (Wildman–Crippen MR) is 79.5 cm³/mol. The number of anilines is 1. The lowest BCUT2D eigenvalue weighted by molar-refractivity contribution is -0.124. The van der Waals surface area contributed by atoms with Gasteiger partial charge in [-0.2, -0.15) is 0 Å². The first-order valence-corrected chi connectivity index (χ1v) is 7.55. The molecule has 2 amide bonds. The van der Waals surface area contributed by atoms with Crippen molar-refractivity contribution in [1.82, 2.24) is 0 Å². The Morgan fingerprint density at radius 1 is 1.09 bits per heavy atom. The van der Waals surface area contributed by atoms with E-state index in [0.29, 0.717) is 11.4 Å². The average Bonchev–Trinajstić information content (AvgIpc) is 2.82. The number of hydrogen-bond donors (Lipinski definition) is 1. The maximum absolute atomic E-state index is 12.8. The van der Waals surface area contributed by atoms with Crippen LogP contribution in [0.5, 0.6) is 11.5 Å². The van der Waals surface area contributed by atoms with Crippen molar-refractivity contribution >= 4 is 17.5 Å². The summed E-state index contributed by atoms with van der Waals surface area (Å²) < 4.78 is 5.01. The third-order valence-electron chi connectivity index (χ3n) is 5.18. The zero-order valence-electron chi connectivity index (χ0n) is 12.2. The van der Waals surface area contributed by atoms with E-state index in [1.54, 1.807) is 12.1 Å². The number of fused-ring (bicyclic) bond motifs is 1. The second-order valence-corrected chi connectivity index (χ2v) is 6.21. The van der Waals surface area contributed by atoms with Crippen LogP contribution in [-0.2, 0) is 9.59 Å². The van der Waals surface area contributed by atoms with Crippen molar-refractivity contribution in [3.8, 4) is 11.5 Å². The fraction of sp³-hybridized carbons (Fsp3) is 0.412. The minimum Gasteiger partial charge on any atom is -0.504 e. The van der Waals surface area contributed by atoms with E-state index in [9.17, 15) is 14.7 Å². The van der Waals surface area contributed by atoms with E-state index in [4.69, 9.17) is 4.74 Å². The fourth-order valence-electron chi connectivity index (χ4n) is 4.15. The molecule has 114 valence electrons. The first kappa shape index (κ1) is 13.4. The Morgan fingerprint density at radius 2 is 1.68 bits per heavy atom. The van der Waals surface area contributed by atoms with Gasteiger partial charge in [0.15, 0.2) is 11.5 Å². The van der Waals surface area contributed by atoms with Crippen LogP contribution in [0.2, 0.25) is 0 Å². The normalized spacial score (nSPS) is 32.5. The second kappa shape index (κ2) is 4.60. The van der Waals surface area contributed by atoms with E-state index in [-0.39, 0.29) is 41.2 Å². The minimum absolute atomic E-state index is 0.0726. The van der Waals surface area contributed by atoms with Gasteiger partial charge in [0.05, 0.1) is 24.6 Å². The van der Waals surface area contributed by atoms with Gasteiger partial charge in [-0.05, 0) is 36.8 Å². The number of carbonyl (C=O) groups is 2. The Balaban J connectivity index is 1.73. The SMILES string of the molecule is COc1ccc(N2C(=O)C3C4C=CC(CC4)C3C2=O)cc1O. The molecule has 0 aromatic heterocycles. The van der Waals surface area contributed by atoms with Gasteiger partial charge in [0.2, 0.25) is 11.8 Å². The molecule has 1 saturated carbocycles. The standard InChI is InChI=1S/C17H17NO4/c1-22-13-7-6-11(8-12(13)19)18-16(20)14-9-2-3-10(5-4-9)15(14)17(18)21/h2-3,6-10,14-15,19H,4-5H2,1H3. The fourth-order valence-corrected chi connectivity index (χ4v) is 4.15. The van der Waals surface area contributed by atoms with Gasteiger partial charge in [-0.3, -0.25) is 9.59 Å². The number of rotatable bonds is 2. The molecule has 0 radical (unpaired) electrons. The number of ether oxygens (including phenoxy) is 1. The van der Waals surface area contributed by atoms with Gasteiger partial charge in [0, 0.05) is 6.07 Å². The van der Waals surface area contributed by atoms with Gasteiger partial charge in [-0.1, -0.05) is 12.2 Å². The number of aromatic hydroxyl groups is 1. The lowest BCUT2D eigenvalue weighted by Gasteiger charge is -2.38. The van der Waals surface area contributed by atoms with E-state index < -0.39 is 0 Å². The number of benzene rings is 1. The monoisotopic (exact) mass is 299 g/mol. The molecule has 4 atom stereocenters. The number of amides is 2. The Kier molecular flexibility index (Phi) is 2.79. The van der Waals surface area contributed by atoms with Crippen molar-refractivity contribution in [2.24, 2.45) is 23.7 Å². The molecule has 4 aliphatic rings. The van der Waals surface area contributed by atoms with Crippen LogP contribution >= 0.6 is 0 Å². The first-order chi connectivity index (χ1) is 10.6. The smallest absolute Gasteiger partial charge is 0.238 e. The van der Waals surface area contributed by atoms with E-state index in [0.717, 1.165) is 12.8 Å². The molecular formula is C17H17NO4. The molecule has 5 rings (SSSR count). The maximum Gasteiger partial charge on any atom is 0.238 e. The van der Waals surface area contributed by atoms with Crippen LogP contribution in [0.3, 0.4) is 0 Å².